The van der Waals surface area contributed by atoms with Crippen LogP contribution in [-0.2, 0) is 4.74 Å². The van der Waals surface area contributed by atoms with E-state index in [1.54, 1.807) is 11.3 Å². The number of ether oxygens (including phenoxy) is 1. The summed E-state index contributed by atoms with van der Waals surface area (Å²) in [6.07, 6.45) is 5.01. The van der Waals surface area contributed by atoms with E-state index in [4.69, 9.17) is 4.74 Å². The van der Waals surface area contributed by atoms with Crippen LogP contribution in [0.4, 0.5) is 0 Å². The van der Waals surface area contributed by atoms with Crippen molar-refractivity contribution in [1.29, 1.82) is 0 Å². The van der Waals surface area contributed by atoms with Crippen LogP contribution in [0, 0.1) is 6.92 Å². The number of rotatable bonds is 3. The molecule has 1 heterocycles. The molecule has 88 valence electrons. The van der Waals surface area contributed by atoms with E-state index in [1.165, 1.54) is 25.7 Å². The van der Waals surface area contributed by atoms with E-state index in [9.17, 15) is 4.79 Å². The molecule has 0 aromatic carbocycles. The van der Waals surface area contributed by atoms with Crippen LogP contribution in [0.15, 0.2) is 0 Å². The van der Waals surface area contributed by atoms with E-state index < -0.39 is 0 Å². The maximum Gasteiger partial charge on any atom is 0.358 e. The molecule has 1 aromatic heterocycles. The van der Waals surface area contributed by atoms with Gasteiger partial charge in [0.1, 0.15) is 0 Å². The van der Waals surface area contributed by atoms with Crippen LogP contribution in [0.5, 0.6) is 0 Å². The Morgan fingerprint density at radius 2 is 2.19 bits per heavy atom. The molecular weight excluding hydrogens is 222 g/mol. The van der Waals surface area contributed by atoms with Gasteiger partial charge in [-0.15, -0.1) is 11.3 Å². The lowest BCUT2D eigenvalue weighted by molar-refractivity contribution is 0.0519. The fraction of sp³-hybridized carbons (Fsp3) is 0.667. The molecule has 16 heavy (non-hydrogen) atoms. The maximum absolute atomic E-state index is 11.6. The SMILES string of the molecule is CCOC(=O)c1nc(C2CCCC2)sc1C. The van der Waals surface area contributed by atoms with Gasteiger partial charge in [-0.1, -0.05) is 12.8 Å². The van der Waals surface area contributed by atoms with Crippen molar-refractivity contribution in [2.45, 2.75) is 45.4 Å². The van der Waals surface area contributed by atoms with Crippen LogP contribution in [-0.4, -0.2) is 17.6 Å². The lowest BCUT2D eigenvalue weighted by Gasteiger charge is -2.02. The molecule has 2 rings (SSSR count). The Bertz CT molecular complexity index is 380. The average Bonchev–Trinajstić information content (AvgIpc) is 2.86. The zero-order valence-electron chi connectivity index (χ0n) is 9.78. The van der Waals surface area contributed by atoms with Gasteiger partial charge in [-0.25, -0.2) is 9.78 Å². The molecule has 0 unspecified atom stereocenters. The van der Waals surface area contributed by atoms with Crippen molar-refractivity contribution >= 4 is 17.3 Å². The largest absolute Gasteiger partial charge is 0.461 e. The van der Waals surface area contributed by atoms with E-state index in [1.807, 2.05) is 13.8 Å². The van der Waals surface area contributed by atoms with Crippen LogP contribution in [0.2, 0.25) is 0 Å². The van der Waals surface area contributed by atoms with Crippen LogP contribution >= 0.6 is 11.3 Å². The molecule has 0 atom stereocenters. The highest BCUT2D eigenvalue weighted by molar-refractivity contribution is 7.12. The second-order valence-electron chi connectivity index (χ2n) is 4.16. The van der Waals surface area contributed by atoms with Gasteiger partial charge in [-0.2, -0.15) is 0 Å². The molecule has 1 aliphatic rings. The highest BCUT2D eigenvalue weighted by Gasteiger charge is 2.24. The van der Waals surface area contributed by atoms with Crippen LogP contribution in [0.25, 0.3) is 0 Å². The third-order valence-corrected chi connectivity index (χ3v) is 4.12. The fourth-order valence-electron chi connectivity index (χ4n) is 2.15. The van der Waals surface area contributed by atoms with Crippen molar-refractivity contribution < 1.29 is 9.53 Å². The highest BCUT2D eigenvalue weighted by atomic mass is 32.1. The molecule has 1 fully saturated rings. The smallest absolute Gasteiger partial charge is 0.358 e. The summed E-state index contributed by atoms with van der Waals surface area (Å²) in [5.41, 5.74) is 0.522. The molecule has 1 aliphatic carbocycles. The minimum Gasteiger partial charge on any atom is -0.461 e. The number of carbonyl (C=O) groups excluding carboxylic acids is 1. The predicted molar refractivity (Wildman–Crippen MR) is 64.0 cm³/mol. The Hall–Kier alpha value is -0.900. The monoisotopic (exact) mass is 239 g/mol. The Morgan fingerprint density at radius 1 is 1.50 bits per heavy atom. The van der Waals surface area contributed by atoms with E-state index >= 15 is 0 Å². The van der Waals surface area contributed by atoms with Crippen LogP contribution < -0.4 is 0 Å². The first-order chi connectivity index (χ1) is 7.72. The number of hydrogen-bond acceptors (Lipinski definition) is 4. The summed E-state index contributed by atoms with van der Waals surface area (Å²) in [4.78, 5) is 17.1. The first kappa shape index (κ1) is 11.6. The molecule has 0 bridgehead atoms. The molecule has 3 nitrogen and oxygen atoms in total. The highest BCUT2D eigenvalue weighted by Crippen LogP contribution is 2.37. The van der Waals surface area contributed by atoms with Gasteiger partial charge in [0.2, 0.25) is 0 Å². The second-order valence-corrected chi connectivity index (χ2v) is 5.39. The van der Waals surface area contributed by atoms with Crippen LogP contribution in [0.3, 0.4) is 0 Å². The van der Waals surface area contributed by atoms with Gasteiger partial charge in [0.15, 0.2) is 5.69 Å². The summed E-state index contributed by atoms with van der Waals surface area (Å²) < 4.78 is 4.99. The fourth-order valence-corrected chi connectivity index (χ4v) is 3.23. The quantitative estimate of drug-likeness (QED) is 0.760. The number of esters is 1. The number of nitrogens with zero attached hydrogens (tertiary/aromatic N) is 1. The molecule has 1 aromatic rings. The van der Waals surface area contributed by atoms with Gasteiger partial charge in [0.05, 0.1) is 11.6 Å². The minimum atomic E-state index is -0.277. The van der Waals surface area contributed by atoms with Crippen molar-refractivity contribution in [3.05, 3.63) is 15.6 Å². The van der Waals surface area contributed by atoms with Crippen molar-refractivity contribution in [2.75, 3.05) is 6.61 Å². The van der Waals surface area contributed by atoms with E-state index in [-0.39, 0.29) is 5.97 Å². The lowest BCUT2D eigenvalue weighted by atomic mass is 10.1. The third-order valence-electron chi connectivity index (χ3n) is 2.99. The first-order valence-electron chi connectivity index (χ1n) is 5.86. The number of thiazole rings is 1. The zero-order chi connectivity index (χ0) is 11.5. The molecule has 4 heteroatoms. The first-order valence-corrected chi connectivity index (χ1v) is 6.68. The lowest BCUT2D eigenvalue weighted by Crippen LogP contribution is -2.07. The standard InChI is InChI=1S/C12H17NO2S/c1-3-15-12(14)10-8(2)16-11(13-10)9-6-4-5-7-9/h9H,3-7H2,1-2H3. The van der Waals surface area contributed by atoms with Crippen molar-refractivity contribution in [2.24, 2.45) is 0 Å². The summed E-state index contributed by atoms with van der Waals surface area (Å²) in [7, 11) is 0. The number of hydrogen-bond donors (Lipinski definition) is 0. The van der Waals surface area contributed by atoms with Crippen LogP contribution in [0.1, 0.15) is 58.9 Å². The average molecular weight is 239 g/mol. The van der Waals surface area contributed by atoms with Crippen molar-refractivity contribution in [3.63, 3.8) is 0 Å². The topological polar surface area (TPSA) is 39.2 Å². The van der Waals surface area contributed by atoms with Crippen molar-refractivity contribution in [3.8, 4) is 0 Å². The summed E-state index contributed by atoms with van der Waals surface area (Å²) in [6.45, 7) is 4.18. The number of aryl methyl sites for hydroxylation is 1. The summed E-state index contributed by atoms with van der Waals surface area (Å²) in [5.74, 6) is 0.298. The van der Waals surface area contributed by atoms with E-state index in [0.717, 1.165) is 9.88 Å². The third kappa shape index (κ3) is 2.26. The maximum atomic E-state index is 11.6. The molecular formula is C12H17NO2S. The Kier molecular flexibility index (Phi) is 3.59. The predicted octanol–water partition coefficient (Wildman–Crippen LogP) is 3.29. The molecule has 0 radical (unpaired) electrons. The normalized spacial score (nSPS) is 16.6. The zero-order valence-corrected chi connectivity index (χ0v) is 10.6. The van der Waals surface area contributed by atoms with E-state index in [0.29, 0.717) is 18.2 Å². The molecule has 0 saturated heterocycles. The molecule has 0 amide bonds. The molecule has 1 saturated carbocycles. The van der Waals surface area contributed by atoms with E-state index in [2.05, 4.69) is 4.98 Å². The summed E-state index contributed by atoms with van der Waals surface area (Å²) in [6, 6.07) is 0. The Labute approximate surface area is 99.8 Å². The minimum absolute atomic E-state index is 0.277. The van der Waals surface area contributed by atoms with Gasteiger partial charge in [0.25, 0.3) is 0 Å². The van der Waals surface area contributed by atoms with Gasteiger partial charge >= 0.3 is 5.97 Å². The summed E-state index contributed by atoms with van der Waals surface area (Å²) >= 11 is 1.65. The second kappa shape index (κ2) is 4.95. The molecule has 0 aliphatic heterocycles. The molecule has 0 spiro atoms. The Balaban J connectivity index is 2.17. The number of carbonyl (C=O) groups is 1. The summed E-state index contributed by atoms with van der Waals surface area (Å²) in [5, 5.41) is 1.12. The van der Waals surface area contributed by atoms with Crippen molar-refractivity contribution in [1.82, 2.24) is 4.98 Å². The van der Waals surface area contributed by atoms with Gasteiger partial charge < -0.3 is 4.74 Å². The molecule has 0 N–H and O–H groups in total. The number of aromatic nitrogens is 1. The van der Waals surface area contributed by atoms with Gasteiger partial charge in [0, 0.05) is 10.8 Å². The van der Waals surface area contributed by atoms with Gasteiger partial charge in [-0.3, -0.25) is 0 Å². The Morgan fingerprint density at radius 3 is 2.81 bits per heavy atom. The van der Waals surface area contributed by atoms with Gasteiger partial charge in [-0.05, 0) is 26.7 Å².